The molecule has 23 heavy (non-hydrogen) atoms. The van der Waals surface area contributed by atoms with E-state index in [-0.39, 0.29) is 0 Å². The molecule has 130 valence electrons. The lowest BCUT2D eigenvalue weighted by molar-refractivity contribution is 0.191. The van der Waals surface area contributed by atoms with Crippen LogP contribution in [0.4, 0.5) is 0 Å². The summed E-state index contributed by atoms with van der Waals surface area (Å²) in [4.78, 5) is 0. The number of nitrogens with one attached hydrogen (secondary N) is 1. The van der Waals surface area contributed by atoms with Crippen molar-refractivity contribution in [1.29, 1.82) is 0 Å². The molecule has 0 amide bonds. The Morgan fingerprint density at radius 3 is 2.61 bits per heavy atom. The Morgan fingerprint density at radius 2 is 2.00 bits per heavy atom. The summed E-state index contributed by atoms with van der Waals surface area (Å²) in [6.45, 7) is 5.68. The fourth-order valence-electron chi connectivity index (χ4n) is 3.41. The maximum atomic E-state index is 11.7. The summed E-state index contributed by atoms with van der Waals surface area (Å²) in [5, 5.41) is 3.74. The van der Waals surface area contributed by atoms with Crippen LogP contribution in [0.5, 0.6) is 0 Å². The molecular weight excluding hydrogens is 308 g/mol. The molecule has 0 saturated carbocycles. The van der Waals surface area contributed by atoms with Crippen molar-refractivity contribution in [1.82, 2.24) is 9.62 Å². The van der Waals surface area contributed by atoms with Crippen LogP contribution >= 0.6 is 0 Å². The van der Waals surface area contributed by atoms with Crippen molar-refractivity contribution in [2.24, 2.45) is 5.92 Å². The fraction of sp³-hybridized carbons (Fsp3) is 0.667. The van der Waals surface area contributed by atoms with Crippen molar-refractivity contribution in [2.75, 3.05) is 19.3 Å². The van der Waals surface area contributed by atoms with Gasteiger partial charge >= 0.3 is 0 Å². The van der Waals surface area contributed by atoms with Crippen LogP contribution in [0.15, 0.2) is 30.3 Å². The third kappa shape index (κ3) is 5.59. The summed E-state index contributed by atoms with van der Waals surface area (Å²) in [6.07, 6.45) is 5.41. The van der Waals surface area contributed by atoms with Gasteiger partial charge in [0.15, 0.2) is 0 Å². The van der Waals surface area contributed by atoms with Gasteiger partial charge in [0.25, 0.3) is 0 Å². The third-order valence-electron chi connectivity index (χ3n) is 4.90. The Labute approximate surface area is 141 Å². The summed E-state index contributed by atoms with van der Waals surface area (Å²) in [5.74, 6) is 0.401. The average Bonchev–Trinajstić information content (AvgIpc) is 2.53. The molecule has 0 bridgehead atoms. The van der Waals surface area contributed by atoms with Crippen LogP contribution in [0, 0.1) is 5.92 Å². The van der Waals surface area contributed by atoms with E-state index < -0.39 is 10.0 Å². The van der Waals surface area contributed by atoms with Crippen LogP contribution < -0.4 is 5.32 Å². The molecule has 1 saturated heterocycles. The molecule has 4 nitrogen and oxygen atoms in total. The van der Waals surface area contributed by atoms with Crippen LogP contribution in [0.3, 0.4) is 0 Å². The molecule has 1 aliphatic heterocycles. The molecule has 1 N–H and O–H groups in total. The minimum absolute atomic E-state index is 0.401. The fourth-order valence-corrected chi connectivity index (χ4v) is 4.31. The van der Waals surface area contributed by atoms with E-state index in [0.29, 0.717) is 31.1 Å². The van der Waals surface area contributed by atoms with E-state index in [1.165, 1.54) is 11.8 Å². The predicted octanol–water partition coefficient (Wildman–Crippen LogP) is 2.66. The van der Waals surface area contributed by atoms with Gasteiger partial charge in [0.1, 0.15) is 0 Å². The topological polar surface area (TPSA) is 49.4 Å². The quantitative estimate of drug-likeness (QED) is 0.831. The van der Waals surface area contributed by atoms with E-state index >= 15 is 0 Å². The molecule has 1 heterocycles. The van der Waals surface area contributed by atoms with E-state index in [1.54, 1.807) is 4.31 Å². The Bertz CT molecular complexity index is 574. The van der Waals surface area contributed by atoms with Crippen molar-refractivity contribution in [3.05, 3.63) is 35.9 Å². The largest absolute Gasteiger partial charge is 0.311 e. The van der Waals surface area contributed by atoms with Crippen LogP contribution in [0.1, 0.15) is 38.7 Å². The number of aryl methyl sites for hydroxylation is 1. The molecule has 1 fully saturated rings. The second kappa shape index (κ2) is 8.27. The highest BCUT2D eigenvalue weighted by Crippen LogP contribution is 2.23. The molecule has 3 atom stereocenters. The first-order valence-electron chi connectivity index (χ1n) is 8.65. The van der Waals surface area contributed by atoms with Gasteiger partial charge in [0.05, 0.1) is 6.26 Å². The van der Waals surface area contributed by atoms with Crippen molar-refractivity contribution < 1.29 is 8.42 Å². The molecule has 0 radical (unpaired) electrons. The van der Waals surface area contributed by atoms with Gasteiger partial charge in [-0.25, -0.2) is 12.7 Å². The lowest BCUT2D eigenvalue weighted by atomic mass is 9.90. The zero-order chi connectivity index (χ0) is 16.9. The van der Waals surface area contributed by atoms with Crippen LogP contribution in [0.2, 0.25) is 0 Å². The second-order valence-corrected chi connectivity index (χ2v) is 8.76. The highest BCUT2D eigenvalue weighted by molar-refractivity contribution is 7.88. The Balaban J connectivity index is 1.84. The molecular formula is C18H30N2O2S. The molecule has 1 aromatic carbocycles. The van der Waals surface area contributed by atoms with Gasteiger partial charge in [0.2, 0.25) is 10.0 Å². The second-order valence-electron chi connectivity index (χ2n) is 6.78. The lowest BCUT2D eigenvalue weighted by Crippen LogP contribution is -2.52. The Hall–Kier alpha value is -0.910. The lowest BCUT2D eigenvalue weighted by Gasteiger charge is -2.38. The van der Waals surface area contributed by atoms with E-state index in [0.717, 1.165) is 25.7 Å². The van der Waals surface area contributed by atoms with Gasteiger partial charge < -0.3 is 5.32 Å². The normalized spacial score (nSPS) is 24.5. The van der Waals surface area contributed by atoms with E-state index in [9.17, 15) is 8.42 Å². The molecule has 1 aromatic rings. The van der Waals surface area contributed by atoms with Crippen molar-refractivity contribution in [3.8, 4) is 0 Å². The summed E-state index contributed by atoms with van der Waals surface area (Å²) in [6, 6.07) is 11.4. The summed E-state index contributed by atoms with van der Waals surface area (Å²) >= 11 is 0. The number of hydrogen-bond acceptors (Lipinski definition) is 3. The molecule has 0 aliphatic carbocycles. The van der Waals surface area contributed by atoms with Gasteiger partial charge in [-0.3, -0.25) is 0 Å². The number of benzene rings is 1. The molecule has 1 aliphatic rings. The molecule has 0 aromatic heterocycles. The SMILES string of the molecule is CCC1CN(S(C)(=O)=O)CCC1NC(C)CCc1ccccc1. The number of sulfonamides is 1. The first kappa shape index (κ1) is 18.4. The van der Waals surface area contributed by atoms with E-state index in [1.807, 2.05) is 6.07 Å². The standard InChI is InChI=1S/C18H30N2O2S/c1-4-17-14-20(23(3,21)22)13-12-18(17)19-15(2)10-11-16-8-6-5-7-9-16/h5-9,15,17-19H,4,10-14H2,1-3H3. The first-order valence-corrected chi connectivity index (χ1v) is 10.5. The van der Waals surface area contributed by atoms with Crippen molar-refractivity contribution in [2.45, 2.75) is 51.6 Å². The molecule has 2 rings (SSSR count). The van der Waals surface area contributed by atoms with Crippen molar-refractivity contribution >= 4 is 10.0 Å². The van der Waals surface area contributed by atoms with Crippen molar-refractivity contribution in [3.63, 3.8) is 0 Å². The highest BCUT2D eigenvalue weighted by Gasteiger charge is 2.32. The van der Waals surface area contributed by atoms with Gasteiger partial charge in [-0.2, -0.15) is 0 Å². The van der Waals surface area contributed by atoms with E-state index in [2.05, 4.69) is 43.4 Å². The van der Waals surface area contributed by atoms with Gasteiger partial charge in [-0.15, -0.1) is 0 Å². The highest BCUT2D eigenvalue weighted by atomic mass is 32.2. The van der Waals surface area contributed by atoms with E-state index in [4.69, 9.17) is 0 Å². The zero-order valence-electron chi connectivity index (χ0n) is 14.5. The monoisotopic (exact) mass is 338 g/mol. The average molecular weight is 339 g/mol. The summed E-state index contributed by atoms with van der Waals surface area (Å²) in [7, 11) is -3.06. The van der Waals surface area contributed by atoms with Gasteiger partial charge in [-0.1, -0.05) is 43.7 Å². The van der Waals surface area contributed by atoms with Gasteiger partial charge in [0, 0.05) is 25.2 Å². The number of piperidine rings is 1. The maximum absolute atomic E-state index is 11.7. The molecule has 3 unspecified atom stereocenters. The van der Waals surface area contributed by atoms with Crippen LogP contribution in [-0.4, -0.2) is 44.2 Å². The molecule has 5 heteroatoms. The number of hydrogen-bond donors (Lipinski definition) is 1. The smallest absolute Gasteiger partial charge is 0.211 e. The maximum Gasteiger partial charge on any atom is 0.211 e. The minimum Gasteiger partial charge on any atom is -0.311 e. The Morgan fingerprint density at radius 1 is 1.30 bits per heavy atom. The zero-order valence-corrected chi connectivity index (χ0v) is 15.3. The summed E-state index contributed by atoms with van der Waals surface area (Å²) < 4.78 is 25.1. The number of rotatable bonds is 7. The van der Waals surface area contributed by atoms with Crippen LogP contribution in [-0.2, 0) is 16.4 Å². The predicted molar refractivity (Wildman–Crippen MR) is 96.0 cm³/mol. The van der Waals surface area contributed by atoms with Crippen LogP contribution in [0.25, 0.3) is 0 Å². The minimum atomic E-state index is -3.06. The first-order chi connectivity index (χ1) is 10.9. The summed E-state index contributed by atoms with van der Waals surface area (Å²) in [5.41, 5.74) is 1.38. The molecule has 0 spiro atoms. The third-order valence-corrected chi connectivity index (χ3v) is 6.17. The number of nitrogens with zero attached hydrogens (tertiary/aromatic N) is 1. The Kier molecular flexibility index (Phi) is 6.62. The van der Waals surface area contributed by atoms with Gasteiger partial charge in [-0.05, 0) is 37.7 Å².